The van der Waals surface area contributed by atoms with Crippen LogP contribution in [0.2, 0.25) is 0 Å². The SMILES string of the molecule is CC(=O)CCCC=O.CNC. The fraction of sp³-hybridized carbons (Fsp3) is 0.750. The molecule has 0 aliphatic rings. The summed E-state index contributed by atoms with van der Waals surface area (Å²) >= 11 is 0. The molecule has 0 saturated carbocycles. The Morgan fingerprint density at radius 3 is 2.18 bits per heavy atom. The van der Waals surface area contributed by atoms with Gasteiger partial charge in [0.05, 0.1) is 0 Å². The molecule has 1 N–H and O–H groups in total. The van der Waals surface area contributed by atoms with Crippen molar-refractivity contribution in [3.8, 4) is 0 Å². The third-order valence-electron chi connectivity index (χ3n) is 0.851. The van der Waals surface area contributed by atoms with Crippen LogP contribution >= 0.6 is 0 Å². The molecule has 3 nitrogen and oxygen atoms in total. The summed E-state index contributed by atoms with van der Waals surface area (Å²) in [5, 5.41) is 2.75. The number of ketones is 1. The molecule has 0 atom stereocenters. The number of Topliss-reactive ketones (excluding diaryl/α,β-unsaturated/α-hetero) is 1. The van der Waals surface area contributed by atoms with E-state index in [0.29, 0.717) is 19.3 Å². The zero-order valence-electron chi connectivity index (χ0n) is 7.52. The maximum Gasteiger partial charge on any atom is 0.129 e. The summed E-state index contributed by atoms with van der Waals surface area (Å²) in [5.41, 5.74) is 0. The lowest BCUT2D eigenvalue weighted by molar-refractivity contribution is -0.117. The Balaban J connectivity index is 0. The smallest absolute Gasteiger partial charge is 0.129 e. The Morgan fingerprint density at radius 1 is 1.45 bits per heavy atom. The van der Waals surface area contributed by atoms with Gasteiger partial charge in [-0.1, -0.05) is 0 Å². The molecular weight excluding hydrogens is 142 g/mol. The first-order valence-corrected chi connectivity index (χ1v) is 3.70. The Hall–Kier alpha value is -0.700. The lowest BCUT2D eigenvalue weighted by atomic mass is 10.2. The summed E-state index contributed by atoms with van der Waals surface area (Å²) in [6, 6.07) is 0. The first kappa shape index (κ1) is 12.9. The van der Waals surface area contributed by atoms with Gasteiger partial charge in [-0.3, -0.25) is 0 Å². The highest BCUT2D eigenvalue weighted by molar-refractivity contribution is 5.75. The molecule has 0 unspecified atom stereocenters. The lowest BCUT2D eigenvalue weighted by Gasteiger charge is -1.86. The average molecular weight is 159 g/mol. The first-order valence-electron chi connectivity index (χ1n) is 3.70. The van der Waals surface area contributed by atoms with Gasteiger partial charge in [0.2, 0.25) is 0 Å². The largest absolute Gasteiger partial charge is 0.323 e. The quantitative estimate of drug-likeness (QED) is 0.487. The molecule has 0 aromatic rings. The van der Waals surface area contributed by atoms with E-state index < -0.39 is 0 Å². The maximum atomic E-state index is 10.2. The van der Waals surface area contributed by atoms with Gasteiger partial charge >= 0.3 is 0 Å². The van der Waals surface area contributed by atoms with Gasteiger partial charge in [0.1, 0.15) is 12.1 Å². The van der Waals surface area contributed by atoms with Crippen LogP contribution in [-0.2, 0) is 9.59 Å². The minimum Gasteiger partial charge on any atom is -0.323 e. The number of nitrogens with one attached hydrogen (secondary N) is 1. The maximum absolute atomic E-state index is 10.2. The number of hydrogen-bond acceptors (Lipinski definition) is 3. The van der Waals surface area contributed by atoms with E-state index in [2.05, 4.69) is 5.32 Å². The molecule has 0 saturated heterocycles. The monoisotopic (exact) mass is 159 g/mol. The van der Waals surface area contributed by atoms with Crippen LogP contribution < -0.4 is 5.32 Å². The van der Waals surface area contributed by atoms with Crippen LogP contribution in [0.25, 0.3) is 0 Å². The van der Waals surface area contributed by atoms with Crippen molar-refractivity contribution < 1.29 is 9.59 Å². The molecule has 66 valence electrons. The van der Waals surface area contributed by atoms with E-state index in [1.165, 1.54) is 6.92 Å². The van der Waals surface area contributed by atoms with E-state index >= 15 is 0 Å². The van der Waals surface area contributed by atoms with Gasteiger partial charge < -0.3 is 14.9 Å². The van der Waals surface area contributed by atoms with Crippen molar-refractivity contribution in [2.45, 2.75) is 26.2 Å². The third kappa shape index (κ3) is 26.8. The minimum absolute atomic E-state index is 0.159. The molecule has 0 fully saturated rings. The van der Waals surface area contributed by atoms with E-state index in [1.807, 2.05) is 14.1 Å². The number of rotatable bonds is 4. The van der Waals surface area contributed by atoms with Gasteiger partial charge in [0.25, 0.3) is 0 Å². The van der Waals surface area contributed by atoms with Crippen molar-refractivity contribution in [1.29, 1.82) is 0 Å². The van der Waals surface area contributed by atoms with Crippen molar-refractivity contribution in [3.63, 3.8) is 0 Å². The van der Waals surface area contributed by atoms with Crippen LogP contribution in [0.3, 0.4) is 0 Å². The molecular formula is C8H17NO2. The molecule has 11 heavy (non-hydrogen) atoms. The fourth-order valence-corrected chi connectivity index (χ4v) is 0.434. The number of unbranched alkanes of at least 4 members (excludes halogenated alkanes) is 1. The van der Waals surface area contributed by atoms with Crippen molar-refractivity contribution in [2.24, 2.45) is 0 Å². The molecule has 0 spiro atoms. The predicted octanol–water partition coefficient (Wildman–Crippen LogP) is 0.780. The topological polar surface area (TPSA) is 46.2 Å². The molecule has 0 radical (unpaired) electrons. The zero-order valence-corrected chi connectivity index (χ0v) is 7.52. The molecule has 0 rings (SSSR count). The summed E-state index contributed by atoms with van der Waals surface area (Å²) in [6.07, 6.45) is 2.60. The van der Waals surface area contributed by atoms with Crippen molar-refractivity contribution >= 4 is 12.1 Å². The van der Waals surface area contributed by atoms with Gasteiger partial charge in [-0.05, 0) is 27.4 Å². The van der Waals surface area contributed by atoms with Gasteiger partial charge in [-0.2, -0.15) is 0 Å². The number of carbonyl (C=O) groups excluding carboxylic acids is 2. The number of aldehydes is 1. The molecule has 0 aromatic heterocycles. The van der Waals surface area contributed by atoms with Crippen molar-refractivity contribution in [1.82, 2.24) is 5.32 Å². The molecule has 0 aliphatic heterocycles. The Morgan fingerprint density at radius 2 is 1.91 bits per heavy atom. The van der Waals surface area contributed by atoms with Crippen molar-refractivity contribution in [2.75, 3.05) is 14.1 Å². The fourth-order valence-electron chi connectivity index (χ4n) is 0.434. The highest BCUT2D eigenvalue weighted by atomic mass is 16.1. The van der Waals surface area contributed by atoms with Crippen LogP contribution in [0.5, 0.6) is 0 Å². The highest BCUT2D eigenvalue weighted by Crippen LogP contribution is 1.91. The van der Waals surface area contributed by atoms with Gasteiger partial charge in [-0.15, -0.1) is 0 Å². The lowest BCUT2D eigenvalue weighted by Crippen LogP contribution is -1.89. The molecule has 0 aliphatic carbocycles. The van der Waals surface area contributed by atoms with E-state index in [0.717, 1.165) is 6.29 Å². The van der Waals surface area contributed by atoms with Gasteiger partial charge in [0, 0.05) is 12.8 Å². The third-order valence-corrected chi connectivity index (χ3v) is 0.851. The first-order chi connectivity index (χ1) is 5.18. The second-order valence-electron chi connectivity index (χ2n) is 2.26. The Kier molecular flexibility index (Phi) is 14.1. The second-order valence-corrected chi connectivity index (χ2v) is 2.26. The van der Waals surface area contributed by atoms with Crippen LogP contribution in [0.15, 0.2) is 0 Å². The molecule has 3 heteroatoms. The zero-order chi connectivity index (χ0) is 9.11. The molecule has 0 heterocycles. The summed E-state index contributed by atoms with van der Waals surface area (Å²) in [6.45, 7) is 1.53. The Bertz CT molecular complexity index is 102. The van der Waals surface area contributed by atoms with Crippen LogP contribution in [0.1, 0.15) is 26.2 Å². The van der Waals surface area contributed by atoms with E-state index in [-0.39, 0.29) is 5.78 Å². The van der Waals surface area contributed by atoms with Gasteiger partial charge in [0.15, 0.2) is 0 Å². The Labute approximate surface area is 68.2 Å². The minimum atomic E-state index is 0.159. The van der Waals surface area contributed by atoms with Crippen molar-refractivity contribution in [3.05, 3.63) is 0 Å². The van der Waals surface area contributed by atoms with E-state index in [4.69, 9.17) is 0 Å². The standard InChI is InChI=1S/C6H10O2.C2H7N/c1-6(8)4-2-3-5-7;1-3-2/h5H,2-4H2,1H3;3H,1-2H3. The molecule has 0 aromatic carbocycles. The van der Waals surface area contributed by atoms with Gasteiger partial charge in [-0.25, -0.2) is 0 Å². The summed E-state index contributed by atoms with van der Waals surface area (Å²) in [5.74, 6) is 0.159. The van der Waals surface area contributed by atoms with Crippen LogP contribution in [0, 0.1) is 0 Å². The second kappa shape index (κ2) is 12.0. The normalized spacial score (nSPS) is 7.91. The molecule has 0 amide bonds. The summed E-state index contributed by atoms with van der Waals surface area (Å²) in [4.78, 5) is 19.9. The van der Waals surface area contributed by atoms with Crippen LogP contribution in [-0.4, -0.2) is 26.2 Å². The number of hydrogen-bond donors (Lipinski definition) is 1. The number of carbonyl (C=O) groups is 2. The van der Waals surface area contributed by atoms with Crippen LogP contribution in [0.4, 0.5) is 0 Å². The van der Waals surface area contributed by atoms with E-state index in [1.54, 1.807) is 0 Å². The molecule has 0 bridgehead atoms. The average Bonchev–Trinajstić information content (AvgIpc) is 1.89. The predicted molar refractivity (Wildman–Crippen MR) is 45.6 cm³/mol. The summed E-state index contributed by atoms with van der Waals surface area (Å²) in [7, 11) is 3.75. The highest BCUT2D eigenvalue weighted by Gasteiger charge is 1.89. The van der Waals surface area contributed by atoms with E-state index in [9.17, 15) is 9.59 Å². The summed E-state index contributed by atoms with van der Waals surface area (Å²) < 4.78 is 0.